The minimum Gasteiger partial charge on any atom is -0.351 e. The van der Waals surface area contributed by atoms with Crippen molar-refractivity contribution in [2.24, 2.45) is 0 Å². The lowest BCUT2D eigenvalue weighted by molar-refractivity contribution is -0.128. The molecule has 0 aromatic carbocycles. The molecule has 1 rings (SSSR count). The van der Waals surface area contributed by atoms with Crippen LogP contribution in [-0.2, 0) is 4.79 Å². The molecule has 154 valence electrons. The topological polar surface area (TPSA) is 43.9 Å². The van der Waals surface area contributed by atoms with Crippen molar-refractivity contribution in [1.82, 2.24) is 13.4 Å². The molecule has 1 saturated heterocycles. The second kappa shape index (κ2) is 8.02. The number of amides is 3. The van der Waals surface area contributed by atoms with Gasteiger partial charge in [-0.1, -0.05) is 72.0 Å². The Morgan fingerprint density at radius 3 is 1.35 bits per heavy atom. The lowest BCUT2D eigenvalue weighted by Gasteiger charge is -2.38. The first-order valence-corrected chi connectivity index (χ1v) is 22.8. The fourth-order valence-electron chi connectivity index (χ4n) is 3.29. The van der Waals surface area contributed by atoms with E-state index in [0.29, 0.717) is 0 Å². The summed E-state index contributed by atoms with van der Waals surface area (Å²) in [5, 5.41) is 0. The van der Waals surface area contributed by atoms with Crippen LogP contribution >= 0.6 is 0 Å². The zero-order chi connectivity index (χ0) is 21.5. The van der Waals surface area contributed by atoms with E-state index >= 15 is 0 Å². The van der Waals surface area contributed by atoms with E-state index in [2.05, 4.69) is 63.7 Å². The molecule has 0 spiro atoms. The second-order valence-corrected chi connectivity index (χ2v) is 29.1. The molecule has 0 N–H and O–H groups in total. The van der Waals surface area contributed by atoms with Gasteiger partial charge in [0.05, 0.1) is 8.96 Å². The highest BCUT2D eigenvalue weighted by molar-refractivity contribution is 6.82. The number of imide groups is 1. The number of carbonyl (C=O) groups excluding carboxylic acids is 2. The minimum atomic E-state index is -1.94. The van der Waals surface area contributed by atoms with Gasteiger partial charge in [0.2, 0.25) is 5.91 Å². The number of carbonyl (C=O) groups is 2. The van der Waals surface area contributed by atoms with Gasteiger partial charge in [0, 0.05) is 0 Å². The standard InChI is InChI=1S/C11H24N2O2Si2.C6H19NSi2/c1-11(2)9(14)12(16(3,4)5)10(15)13(11)17(6,7)8;1-7(8(2)3)9(4,5)6/h1-8H3;8H,1-6H3. The lowest BCUT2D eigenvalue weighted by atomic mass is 10.1. The normalized spacial score (nSPS) is 18.6. The largest absolute Gasteiger partial charge is 0.351 e. The summed E-state index contributed by atoms with van der Waals surface area (Å²) in [4.78, 5) is 25.0. The Morgan fingerprint density at radius 2 is 1.23 bits per heavy atom. The molecule has 0 saturated carbocycles. The Hall–Kier alpha value is -0.232. The molecule has 1 aliphatic rings. The second-order valence-electron chi connectivity index (χ2n) is 11.0. The van der Waals surface area contributed by atoms with Crippen molar-refractivity contribution in [2.75, 3.05) is 7.05 Å². The third kappa shape index (κ3) is 5.88. The molecule has 26 heavy (non-hydrogen) atoms. The first-order valence-electron chi connectivity index (χ1n) is 9.58. The van der Waals surface area contributed by atoms with Gasteiger partial charge in [0.1, 0.15) is 13.8 Å². The van der Waals surface area contributed by atoms with Crippen LogP contribution in [0.4, 0.5) is 4.79 Å². The maximum Gasteiger partial charge on any atom is 0.311 e. The van der Waals surface area contributed by atoms with Gasteiger partial charge in [0.25, 0.3) is 0 Å². The van der Waals surface area contributed by atoms with Crippen LogP contribution in [0.2, 0.25) is 72.0 Å². The molecule has 0 unspecified atom stereocenters. The van der Waals surface area contributed by atoms with E-state index < -0.39 is 39.2 Å². The molecular formula is C17H43N3O2Si4. The summed E-state index contributed by atoms with van der Waals surface area (Å²) in [5.41, 5.74) is -0.679. The van der Waals surface area contributed by atoms with Crippen LogP contribution in [-0.4, -0.2) is 71.6 Å². The molecule has 0 aromatic heterocycles. The summed E-state index contributed by atoms with van der Waals surface area (Å²) in [5.74, 6) is -0.0240. The molecule has 5 nitrogen and oxygen atoms in total. The van der Waals surface area contributed by atoms with Crippen molar-refractivity contribution < 1.29 is 9.59 Å². The fraction of sp³-hybridized carbons (Fsp3) is 0.882. The summed E-state index contributed by atoms with van der Waals surface area (Å²) in [6, 6.07) is -0.0710. The van der Waals surface area contributed by atoms with E-state index in [0.717, 1.165) is 0 Å². The highest BCUT2D eigenvalue weighted by Crippen LogP contribution is 2.35. The third-order valence-electron chi connectivity index (χ3n) is 4.84. The number of hydrogen-bond acceptors (Lipinski definition) is 3. The van der Waals surface area contributed by atoms with E-state index in [4.69, 9.17) is 0 Å². The Labute approximate surface area is 167 Å². The van der Waals surface area contributed by atoms with Crippen LogP contribution in [0.1, 0.15) is 13.8 Å². The molecule has 9 heteroatoms. The quantitative estimate of drug-likeness (QED) is 0.486. The molecule has 0 atom stereocenters. The van der Waals surface area contributed by atoms with Crippen molar-refractivity contribution in [1.29, 1.82) is 0 Å². The van der Waals surface area contributed by atoms with Gasteiger partial charge in [-0.2, -0.15) is 0 Å². The Balaban J connectivity index is 0.000000590. The van der Waals surface area contributed by atoms with E-state index in [1.54, 1.807) is 4.57 Å². The summed E-state index contributed by atoms with van der Waals surface area (Å²) >= 11 is 0. The van der Waals surface area contributed by atoms with Crippen molar-refractivity contribution in [3.8, 4) is 0 Å². The summed E-state index contributed by atoms with van der Waals surface area (Å²) in [6.07, 6.45) is 0. The molecule has 0 bridgehead atoms. The zero-order valence-electron chi connectivity index (χ0n) is 19.7. The minimum absolute atomic E-state index is 0.0240. The van der Waals surface area contributed by atoms with Crippen molar-refractivity contribution >= 4 is 45.6 Å². The van der Waals surface area contributed by atoms with Crippen molar-refractivity contribution in [3.05, 3.63) is 0 Å². The highest BCUT2D eigenvalue weighted by atomic mass is 28.4. The van der Waals surface area contributed by atoms with Crippen LogP contribution in [0.3, 0.4) is 0 Å². The van der Waals surface area contributed by atoms with E-state index in [9.17, 15) is 9.59 Å². The SMILES string of the molecule is CC1(C)C(=O)N([Si](C)(C)C)C(=O)N1[Si](C)(C)C.CN([SiH](C)C)[Si](C)(C)C. The van der Waals surface area contributed by atoms with Gasteiger partial charge in [0.15, 0.2) is 16.5 Å². The summed E-state index contributed by atoms with van der Waals surface area (Å²) in [7, 11) is -2.93. The van der Waals surface area contributed by atoms with Gasteiger partial charge >= 0.3 is 6.03 Å². The first-order chi connectivity index (χ1) is 11.2. The van der Waals surface area contributed by atoms with Gasteiger partial charge in [-0.25, -0.2) is 4.79 Å². The average molecular weight is 434 g/mol. The third-order valence-corrected chi connectivity index (χ3v) is 16.2. The smallest absolute Gasteiger partial charge is 0.311 e. The number of rotatable bonds is 4. The van der Waals surface area contributed by atoms with Crippen LogP contribution in [0.15, 0.2) is 0 Å². The molecule has 1 fully saturated rings. The molecule has 0 aliphatic carbocycles. The summed E-state index contributed by atoms with van der Waals surface area (Å²) in [6.45, 7) is 28.1. The maximum absolute atomic E-state index is 12.5. The Bertz CT molecular complexity index is 532. The van der Waals surface area contributed by atoms with Gasteiger partial charge < -0.3 is 8.80 Å². The maximum atomic E-state index is 12.5. The van der Waals surface area contributed by atoms with Gasteiger partial charge in [-0.05, 0) is 20.9 Å². The van der Waals surface area contributed by atoms with E-state index in [-0.39, 0.29) is 11.9 Å². The summed E-state index contributed by atoms with van der Waals surface area (Å²) < 4.78 is 6.03. The van der Waals surface area contributed by atoms with Crippen LogP contribution in [0, 0.1) is 0 Å². The Morgan fingerprint density at radius 1 is 0.846 bits per heavy atom. The van der Waals surface area contributed by atoms with Crippen LogP contribution in [0.25, 0.3) is 0 Å². The van der Waals surface area contributed by atoms with Gasteiger partial charge in [-0.15, -0.1) is 0 Å². The van der Waals surface area contributed by atoms with Crippen molar-refractivity contribution in [3.63, 3.8) is 0 Å². The zero-order valence-corrected chi connectivity index (χ0v) is 23.9. The number of nitrogens with zero attached hydrogens (tertiary/aromatic N) is 3. The van der Waals surface area contributed by atoms with Gasteiger partial charge in [-0.3, -0.25) is 9.36 Å². The monoisotopic (exact) mass is 433 g/mol. The van der Waals surface area contributed by atoms with Crippen molar-refractivity contribution in [2.45, 2.75) is 91.4 Å². The molecule has 1 heterocycles. The predicted molar refractivity (Wildman–Crippen MR) is 125 cm³/mol. The molecule has 0 aromatic rings. The number of urea groups is 1. The fourth-order valence-corrected chi connectivity index (χ4v) is 13.6. The average Bonchev–Trinajstić information content (AvgIpc) is 2.52. The van der Waals surface area contributed by atoms with E-state index in [1.165, 1.54) is 0 Å². The Kier molecular flexibility index (Phi) is 7.95. The number of hydrogen-bond donors (Lipinski definition) is 0. The van der Waals surface area contributed by atoms with E-state index in [1.807, 2.05) is 38.1 Å². The lowest BCUT2D eigenvalue weighted by Crippen LogP contribution is -2.57. The van der Waals surface area contributed by atoms with Crippen LogP contribution < -0.4 is 0 Å². The molecule has 0 radical (unpaired) electrons. The van der Waals surface area contributed by atoms with Crippen LogP contribution in [0.5, 0.6) is 0 Å². The molecule has 1 aliphatic heterocycles. The predicted octanol–water partition coefficient (Wildman–Crippen LogP) is 4.44. The highest BCUT2D eigenvalue weighted by Gasteiger charge is 2.57. The first kappa shape index (κ1) is 25.8. The molecular weight excluding hydrogens is 391 g/mol. The molecule has 3 amide bonds.